The number of hydrogen-bond acceptors (Lipinski definition) is 6. The van der Waals surface area contributed by atoms with Gasteiger partial charge in [0.05, 0.1) is 6.54 Å². The van der Waals surface area contributed by atoms with Crippen molar-refractivity contribution >= 4 is 17.5 Å². The first-order valence-corrected chi connectivity index (χ1v) is 8.99. The first kappa shape index (κ1) is 18.1. The molecular formula is C19H26N6O. The molecule has 1 aliphatic rings. The molecule has 1 amide bonds. The van der Waals surface area contributed by atoms with Crippen molar-refractivity contribution in [1.29, 1.82) is 0 Å². The predicted molar refractivity (Wildman–Crippen MR) is 102 cm³/mol. The Kier molecular flexibility index (Phi) is 5.65. The lowest BCUT2D eigenvalue weighted by atomic mass is 9.89. The first-order valence-electron chi connectivity index (χ1n) is 8.99. The number of anilines is 2. The molecule has 7 heteroatoms. The Bertz CT molecular complexity index is 736. The lowest BCUT2D eigenvalue weighted by molar-refractivity contribution is -0.129. The van der Waals surface area contributed by atoms with Crippen LogP contribution in [0.3, 0.4) is 0 Å². The highest BCUT2D eigenvalue weighted by atomic mass is 16.2. The van der Waals surface area contributed by atoms with Crippen LogP contribution in [0, 0.1) is 5.92 Å². The van der Waals surface area contributed by atoms with Crippen LogP contribution >= 0.6 is 0 Å². The minimum Gasteiger partial charge on any atom is -0.369 e. The van der Waals surface area contributed by atoms with E-state index >= 15 is 0 Å². The van der Waals surface area contributed by atoms with E-state index in [9.17, 15) is 4.79 Å². The van der Waals surface area contributed by atoms with Gasteiger partial charge in [-0.2, -0.15) is 0 Å². The topological polar surface area (TPSA) is 74.2 Å². The molecule has 2 aromatic rings. The van der Waals surface area contributed by atoms with Crippen LogP contribution in [0.4, 0.5) is 11.6 Å². The summed E-state index contributed by atoms with van der Waals surface area (Å²) in [6.45, 7) is 7.03. The van der Waals surface area contributed by atoms with E-state index in [4.69, 9.17) is 0 Å². The zero-order valence-corrected chi connectivity index (χ0v) is 15.6. The molecule has 0 aliphatic carbocycles. The maximum absolute atomic E-state index is 11.9. The number of nitrogens with one attached hydrogen (secondary N) is 1. The number of piperazine rings is 1. The Morgan fingerprint density at radius 3 is 2.81 bits per heavy atom. The summed E-state index contributed by atoms with van der Waals surface area (Å²) < 4.78 is 0. The van der Waals surface area contributed by atoms with Crippen molar-refractivity contribution in [2.45, 2.75) is 19.8 Å². The molecule has 26 heavy (non-hydrogen) atoms. The third-order valence-corrected chi connectivity index (χ3v) is 4.85. The number of hydrogen-bond donors (Lipinski definition) is 1. The van der Waals surface area contributed by atoms with E-state index in [-0.39, 0.29) is 5.91 Å². The van der Waals surface area contributed by atoms with E-state index in [0.29, 0.717) is 24.9 Å². The molecule has 0 spiro atoms. The number of pyridine rings is 1. The summed E-state index contributed by atoms with van der Waals surface area (Å²) in [6, 6.07) is 6.00. The van der Waals surface area contributed by atoms with Gasteiger partial charge in [-0.25, -0.2) is 9.97 Å². The highest BCUT2D eigenvalue weighted by Crippen LogP contribution is 2.24. The summed E-state index contributed by atoms with van der Waals surface area (Å²) in [5.74, 6) is 2.48. The lowest BCUT2D eigenvalue weighted by Crippen LogP contribution is -2.48. The van der Waals surface area contributed by atoms with Gasteiger partial charge in [0.25, 0.3) is 0 Å². The molecule has 1 atom stereocenters. The molecule has 1 aliphatic heterocycles. The molecule has 1 unspecified atom stereocenters. The zero-order chi connectivity index (χ0) is 18.5. The van der Waals surface area contributed by atoms with Gasteiger partial charge in [-0.3, -0.25) is 9.78 Å². The Labute approximate surface area is 154 Å². The highest BCUT2D eigenvalue weighted by Gasteiger charge is 2.22. The Balaban J connectivity index is 1.67. The molecule has 0 radical (unpaired) electrons. The van der Waals surface area contributed by atoms with E-state index in [0.717, 1.165) is 24.7 Å². The summed E-state index contributed by atoms with van der Waals surface area (Å²) in [5.41, 5.74) is 1.22. The second kappa shape index (κ2) is 8.12. The fourth-order valence-electron chi connectivity index (χ4n) is 3.12. The van der Waals surface area contributed by atoms with Crippen LogP contribution in [-0.2, 0) is 4.79 Å². The van der Waals surface area contributed by atoms with E-state index in [1.54, 1.807) is 17.4 Å². The van der Waals surface area contributed by atoms with Gasteiger partial charge in [0.1, 0.15) is 18.0 Å². The number of aromatic nitrogens is 3. The number of carbonyl (C=O) groups is 1. The molecule has 0 bridgehead atoms. The third-order valence-electron chi connectivity index (χ3n) is 4.85. The highest BCUT2D eigenvalue weighted by molar-refractivity contribution is 5.82. The maximum atomic E-state index is 11.9. The van der Waals surface area contributed by atoms with E-state index in [2.05, 4.69) is 40.2 Å². The van der Waals surface area contributed by atoms with Crippen LogP contribution in [0.2, 0.25) is 0 Å². The van der Waals surface area contributed by atoms with Gasteiger partial charge in [0.2, 0.25) is 5.91 Å². The summed E-state index contributed by atoms with van der Waals surface area (Å²) in [7, 11) is 1.83. The molecular weight excluding hydrogens is 328 g/mol. The fraction of sp³-hybridized carbons (Fsp3) is 0.474. The molecule has 3 rings (SSSR count). The molecule has 3 heterocycles. The van der Waals surface area contributed by atoms with Crippen molar-refractivity contribution in [1.82, 2.24) is 19.9 Å². The summed E-state index contributed by atoms with van der Waals surface area (Å²) in [6.07, 6.45) is 5.27. The third kappa shape index (κ3) is 4.28. The number of amides is 1. The summed E-state index contributed by atoms with van der Waals surface area (Å²) in [4.78, 5) is 28.6. The Hall–Kier alpha value is -2.70. The average molecular weight is 354 g/mol. The smallest absolute Gasteiger partial charge is 0.241 e. The van der Waals surface area contributed by atoms with Gasteiger partial charge in [-0.15, -0.1) is 0 Å². The normalized spacial score (nSPS) is 16.1. The minimum absolute atomic E-state index is 0.112. The minimum atomic E-state index is 0.112. The Morgan fingerprint density at radius 2 is 2.12 bits per heavy atom. The second-order valence-electron chi connectivity index (χ2n) is 7.02. The summed E-state index contributed by atoms with van der Waals surface area (Å²) >= 11 is 0. The maximum Gasteiger partial charge on any atom is 0.241 e. The second-order valence-corrected chi connectivity index (χ2v) is 7.02. The van der Waals surface area contributed by atoms with E-state index in [1.807, 2.05) is 30.3 Å². The van der Waals surface area contributed by atoms with Crippen molar-refractivity contribution < 1.29 is 4.79 Å². The molecule has 138 valence electrons. The van der Waals surface area contributed by atoms with Crippen LogP contribution in [0.15, 0.2) is 36.9 Å². The average Bonchev–Trinajstić information content (AvgIpc) is 2.65. The van der Waals surface area contributed by atoms with Gasteiger partial charge in [-0.05, 0) is 17.5 Å². The van der Waals surface area contributed by atoms with E-state index in [1.165, 1.54) is 5.56 Å². The standard InChI is InChI=1S/C19H26N6O/c1-14(2)16(15-5-4-6-20-10-15)11-21-17-9-18(23-13-22-17)25-8-7-24(3)19(26)12-25/h4-6,9-10,13-14,16H,7-8,11-12H2,1-3H3,(H,21,22,23). The van der Waals surface area contributed by atoms with Crippen molar-refractivity contribution in [3.63, 3.8) is 0 Å². The molecule has 0 aromatic carbocycles. The van der Waals surface area contributed by atoms with Gasteiger partial charge in [0.15, 0.2) is 0 Å². The Morgan fingerprint density at radius 1 is 1.27 bits per heavy atom. The zero-order valence-electron chi connectivity index (χ0n) is 15.6. The van der Waals surface area contributed by atoms with Gasteiger partial charge in [-0.1, -0.05) is 19.9 Å². The van der Waals surface area contributed by atoms with Gasteiger partial charge >= 0.3 is 0 Å². The fourth-order valence-corrected chi connectivity index (χ4v) is 3.12. The van der Waals surface area contributed by atoms with Crippen molar-refractivity contribution in [3.05, 3.63) is 42.5 Å². The van der Waals surface area contributed by atoms with Crippen molar-refractivity contribution in [3.8, 4) is 0 Å². The number of rotatable bonds is 6. The molecule has 0 saturated carbocycles. The van der Waals surface area contributed by atoms with Crippen LogP contribution in [0.5, 0.6) is 0 Å². The molecule has 1 N–H and O–H groups in total. The number of nitrogens with zero attached hydrogens (tertiary/aromatic N) is 5. The molecule has 2 aromatic heterocycles. The predicted octanol–water partition coefficient (Wildman–Crippen LogP) is 2.00. The molecule has 7 nitrogen and oxygen atoms in total. The monoisotopic (exact) mass is 354 g/mol. The molecule has 1 saturated heterocycles. The van der Waals surface area contributed by atoms with Crippen LogP contribution < -0.4 is 10.2 Å². The number of carbonyl (C=O) groups excluding carboxylic acids is 1. The van der Waals surface area contributed by atoms with Gasteiger partial charge < -0.3 is 15.1 Å². The molecule has 1 fully saturated rings. The van der Waals surface area contributed by atoms with Crippen LogP contribution in [0.25, 0.3) is 0 Å². The SMILES string of the molecule is CC(C)C(CNc1cc(N2CCN(C)C(=O)C2)ncn1)c1cccnc1. The quantitative estimate of drug-likeness (QED) is 0.855. The van der Waals surface area contributed by atoms with E-state index < -0.39 is 0 Å². The lowest BCUT2D eigenvalue weighted by Gasteiger charge is -2.32. The van der Waals surface area contributed by atoms with Crippen molar-refractivity contribution in [2.24, 2.45) is 5.92 Å². The number of likely N-dealkylation sites (N-methyl/N-ethyl adjacent to an activating group) is 1. The largest absolute Gasteiger partial charge is 0.369 e. The van der Waals surface area contributed by atoms with Crippen molar-refractivity contribution in [2.75, 3.05) is 43.4 Å². The summed E-state index contributed by atoms with van der Waals surface area (Å²) in [5, 5.41) is 3.42. The first-order chi connectivity index (χ1) is 12.5. The van der Waals surface area contributed by atoms with Crippen LogP contribution in [0.1, 0.15) is 25.3 Å². The van der Waals surface area contributed by atoms with Gasteiger partial charge in [0, 0.05) is 51.1 Å². The van der Waals surface area contributed by atoms with Crippen LogP contribution in [-0.4, -0.2) is 59.0 Å².